The van der Waals surface area contributed by atoms with Gasteiger partial charge in [-0.15, -0.1) is 0 Å². The summed E-state index contributed by atoms with van der Waals surface area (Å²) in [5.41, 5.74) is 0. The van der Waals surface area contributed by atoms with Gasteiger partial charge in [0.2, 0.25) is 0 Å². The van der Waals surface area contributed by atoms with Crippen LogP contribution in [0, 0.1) is 0 Å². The van der Waals surface area contributed by atoms with Gasteiger partial charge in [0.05, 0.1) is 25.3 Å². The van der Waals surface area contributed by atoms with E-state index in [1.807, 2.05) is 0 Å². The average molecular weight is 373 g/mol. The summed E-state index contributed by atoms with van der Waals surface area (Å²) in [6, 6.07) is 0.777. The Morgan fingerprint density at radius 3 is 1.46 bits per heavy atom. The summed E-state index contributed by atoms with van der Waals surface area (Å²) >= 11 is 0. The van der Waals surface area contributed by atoms with Gasteiger partial charge in [0.15, 0.2) is 16.6 Å². The third-order valence-corrected chi connectivity index (χ3v) is 6.44. The quantitative estimate of drug-likeness (QED) is 0.479. The minimum Gasteiger partial charge on any atom is -0.415 e. The molecule has 0 aromatic carbocycles. The van der Waals surface area contributed by atoms with E-state index < -0.39 is 16.6 Å². The lowest BCUT2D eigenvalue weighted by Gasteiger charge is -2.27. The molecule has 0 amide bonds. The van der Waals surface area contributed by atoms with Crippen molar-refractivity contribution in [2.45, 2.75) is 77.0 Å². The molecule has 2 aliphatic heterocycles. The molecule has 140 valence electrons. The van der Waals surface area contributed by atoms with Crippen molar-refractivity contribution in [3.63, 3.8) is 0 Å². The fourth-order valence-corrected chi connectivity index (χ4v) is 4.40. The Bertz CT molecular complexity index is 385. The van der Waals surface area contributed by atoms with E-state index in [0.29, 0.717) is 12.1 Å². The fourth-order valence-electron chi connectivity index (χ4n) is 3.01. The molecule has 2 rings (SSSR count). The highest BCUT2D eigenvalue weighted by atomic mass is 28.4. The van der Waals surface area contributed by atoms with Crippen LogP contribution in [0.4, 0.5) is 0 Å². The zero-order valence-electron chi connectivity index (χ0n) is 16.4. The van der Waals surface area contributed by atoms with E-state index in [1.54, 1.807) is 0 Å². The molecule has 2 fully saturated rings. The molecule has 2 saturated heterocycles. The van der Waals surface area contributed by atoms with E-state index in [9.17, 15) is 0 Å². The molecule has 2 atom stereocenters. The van der Waals surface area contributed by atoms with Crippen molar-refractivity contribution < 1.29 is 8.85 Å². The lowest BCUT2D eigenvalue weighted by Crippen LogP contribution is -2.37. The molecule has 0 radical (unpaired) electrons. The number of nitrogens with zero attached hydrogens (tertiary/aromatic N) is 4. The second-order valence-corrected chi connectivity index (χ2v) is 18.0. The molecule has 0 saturated carbocycles. The smallest absolute Gasteiger partial charge is 0.183 e. The molecule has 0 aromatic heterocycles. The van der Waals surface area contributed by atoms with Gasteiger partial charge in [-0.25, -0.2) is 0 Å². The van der Waals surface area contributed by atoms with Gasteiger partial charge in [-0.2, -0.15) is 0 Å². The Morgan fingerprint density at radius 1 is 0.750 bits per heavy atom. The van der Waals surface area contributed by atoms with Gasteiger partial charge >= 0.3 is 0 Å². The van der Waals surface area contributed by atoms with Crippen LogP contribution in [-0.4, -0.2) is 65.0 Å². The monoisotopic (exact) mass is 372 g/mol. The van der Waals surface area contributed by atoms with Gasteiger partial charge in [-0.05, 0) is 65.0 Å². The van der Waals surface area contributed by atoms with E-state index in [1.165, 1.54) is 12.8 Å². The SMILES string of the molecule is C[Si](C)(C)OCC1CCCN1/N=N/N1CCCC1CO[Si](C)(C)C. The fraction of sp³-hybridized carbons (Fsp3) is 1.00. The minimum atomic E-state index is -1.46. The molecule has 2 heterocycles. The van der Waals surface area contributed by atoms with Gasteiger partial charge < -0.3 is 8.85 Å². The van der Waals surface area contributed by atoms with Crippen molar-refractivity contribution in [1.82, 2.24) is 10.0 Å². The molecule has 0 aliphatic carbocycles. The Balaban J connectivity index is 1.84. The number of rotatable bonds is 8. The summed E-state index contributed by atoms with van der Waals surface area (Å²) in [5, 5.41) is 13.4. The first kappa shape index (κ1) is 19.9. The standard InChI is InChI=1S/C16H36N4O2Si2/c1-23(2,3)21-13-15-9-7-11-19(15)17-18-20-12-8-10-16(20)14-22-24(4,5)6/h15-16H,7-14H2,1-6H3/b18-17+. The van der Waals surface area contributed by atoms with E-state index in [-0.39, 0.29) is 0 Å². The maximum absolute atomic E-state index is 6.08. The molecule has 24 heavy (non-hydrogen) atoms. The van der Waals surface area contributed by atoms with Crippen molar-refractivity contribution >= 4 is 16.6 Å². The van der Waals surface area contributed by atoms with Crippen LogP contribution in [0.5, 0.6) is 0 Å². The summed E-state index contributed by atoms with van der Waals surface area (Å²) in [5.74, 6) is 0. The molecular formula is C16H36N4O2Si2. The van der Waals surface area contributed by atoms with Gasteiger partial charge in [0, 0.05) is 13.1 Å². The van der Waals surface area contributed by atoms with Crippen molar-refractivity contribution in [1.29, 1.82) is 0 Å². The molecule has 6 nitrogen and oxygen atoms in total. The third kappa shape index (κ3) is 6.81. The topological polar surface area (TPSA) is 49.7 Å². The highest BCUT2D eigenvalue weighted by Crippen LogP contribution is 2.23. The Kier molecular flexibility index (Phi) is 6.86. The molecule has 2 aliphatic rings. The Morgan fingerprint density at radius 2 is 1.12 bits per heavy atom. The maximum atomic E-state index is 6.08. The first-order valence-corrected chi connectivity index (χ1v) is 16.2. The first-order valence-electron chi connectivity index (χ1n) is 9.37. The Hall–Kier alpha value is -0.446. The zero-order chi connectivity index (χ0) is 17.8. The maximum Gasteiger partial charge on any atom is 0.183 e. The molecule has 0 bridgehead atoms. The van der Waals surface area contributed by atoms with E-state index in [4.69, 9.17) is 8.85 Å². The molecule has 0 N–H and O–H groups in total. The largest absolute Gasteiger partial charge is 0.415 e. The second kappa shape index (κ2) is 8.29. The Labute approximate surface area is 149 Å². The molecule has 0 spiro atoms. The highest BCUT2D eigenvalue weighted by molar-refractivity contribution is 6.70. The van der Waals surface area contributed by atoms with Crippen molar-refractivity contribution in [2.24, 2.45) is 10.4 Å². The van der Waals surface area contributed by atoms with Crippen LogP contribution in [0.3, 0.4) is 0 Å². The van der Waals surface area contributed by atoms with Crippen molar-refractivity contribution in [3.05, 3.63) is 0 Å². The van der Waals surface area contributed by atoms with Crippen LogP contribution in [-0.2, 0) is 8.85 Å². The van der Waals surface area contributed by atoms with Crippen LogP contribution in [0.15, 0.2) is 10.4 Å². The third-order valence-electron chi connectivity index (χ3n) is 4.38. The van der Waals surface area contributed by atoms with E-state index >= 15 is 0 Å². The summed E-state index contributed by atoms with van der Waals surface area (Å²) in [4.78, 5) is 0. The van der Waals surface area contributed by atoms with Crippen LogP contribution in [0.25, 0.3) is 0 Å². The van der Waals surface area contributed by atoms with Crippen molar-refractivity contribution in [2.75, 3.05) is 26.3 Å². The summed E-state index contributed by atoms with van der Waals surface area (Å²) < 4.78 is 12.2. The van der Waals surface area contributed by atoms with Crippen LogP contribution in [0.2, 0.25) is 39.3 Å². The molecular weight excluding hydrogens is 336 g/mol. The lowest BCUT2D eigenvalue weighted by atomic mass is 10.2. The summed E-state index contributed by atoms with van der Waals surface area (Å²) in [6.45, 7) is 17.0. The zero-order valence-corrected chi connectivity index (χ0v) is 18.4. The highest BCUT2D eigenvalue weighted by Gasteiger charge is 2.29. The first-order chi connectivity index (χ1) is 11.1. The number of hydrogen-bond donors (Lipinski definition) is 0. The average Bonchev–Trinajstić information content (AvgIpc) is 3.08. The molecule has 0 aromatic rings. The predicted molar refractivity (Wildman–Crippen MR) is 103 cm³/mol. The van der Waals surface area contributed by atoms with E-state index in [0.717, 1.165) is 39.1 Å². The van der Waals surface area contributed by atoms with Crippen molar-refractivity contribution in [3.8, 4) is 0 Å². The van der Waals surface area contributed by atoms with Crippen LogP contribution in [0.1, 0.15) is 25.7 Å². The predicted octanol–water partition coefficient (Wildman–Crippen LogP) is 3.90. The number of hydrogen-bond acceptors (Lipinski definition) is 4. The normalized spacial score (nSPS) is 26.1. The van der Waals surface area contributed by atoms with E-state index in [2.05, 4.69) is 59.7 Å². The van der Waals surface area contributed by atoms with Gasteiger partial charge in [0.25, 0.3) is 0 Å². The second-order valence-electron chi connectivity index (χ2n) is 8.94. The molecule has 2 unspecified atom stereocenters. The van der Waals surface area contributed by atoms with Gasteiger partial charge in [-0.1, -0.05) is 10.4 Å². The summed E-state index contributed by atoms with van der Waals surface area (Å²) in [7, 11) is -2.93. The molecule has 8 heteroatoms. The lowest BCUT2D eigenvalue weighted by molar-refractivity contribution is 0.122. The van der Waals surface area contributed by atoms with Crippen LogP contribution >= 0.6 is 0 Å². The van der Waals surface area contributed by atoms with Crippen LogP contribution < -0.4 is 0 Å². The minimum absolute atomic E-state index is 0.389. The van der Waals surface area contributed by atoms with Gasteiger partial charge in [-0.3, -0.25) is 10.0 Å². The summed E-state index contributed by atoms with van der Waals surface area (Å²) in [6.07, 6.45) is 4.68. The van der Waals surface area contributed by atoms with Gasteiger partial charge in [0.1, 0.15) is 0 Å².